The zero-order valence-electron chi connectivity index (χ0n) is 15.9. The maximum atomic E-state index is 12.5. The lowest BCUT2D eigenvalue weighted by atomic mass is 9.91. The van der Waals surface area contributed by atoms with E-state index in [2.05, 4.69) is 16.6 Å². The Hall–Kier alpha value is -2.35. The number of aromatic nitrogens is 2. The van der Waals surface area contributed by atoms with E-state index in [0.717, 1.165) is 37.5 Å². The Morgan fingerprint density at radius 2 is 1.81 bits per heavy atom. The highest BCUT2D eigenvalue weighted by Crippen LogP contribution is 2.28. The SMILES string of the molecule is Cc1cnn(C2CCC(NC(=O)c3ccc(N(C)S(C)(=O)=O)cc3)CC2)c1. The van der Waals surface area contributed by atoms with Crippen molar-refractivity contribution in [2.24, 2.45) is 0 Å². The van der Waals surface area contributed by atoms with Crippen molar-refractivity contribution in [1.82, 2.24) is 15.1 Å². The summed E-state index contributed by atoms with van der Waals surface area (Å²) in [4.78, 5) is 12.5. The molecule has 1 aromatic carbocycles. The summed E-state index contributed by atoms with van der Waals surface area (Å²) in [5, 5.41) is 7.49. The molecular formula is C19H26N4O3S. The molecule has 3 rings (SSSR count). The lowest BCUT2D eigenvalue weighted by Gasteiger charge is -2.29. The Balaban J connectivity index is 1.55. The van der Waals surface area contributed by atoms with Crippen molar-refractivity contribution in [2.75, 3.05) is 17.6 Å². The zero-order valence-corrected chi connectivity index (χ0v) is 16.7. The third kappa shape index (κ3) is 4.68. The number of benzene rings is 1. The van der Waals surface area contributed by atoms with Gasteiger partial charge in [-0.1, -0.05) is 0 Å². The fourth-order valence-corrected chi connectivity index (χ4v) is 3.91. The average molecular weight is 391 g/mol. The highest BCUT2D eigenvalue weighted by Gasteiger charge is 2.24. The minimum absolute atomic E-state index is 0.123. The van der Waals surface area contributed by atoms with Crippen molar-refractivity contribution >= 4 is 21.6 Å². The van der Waals surface area contributed by atoms with Gasteiger partial charge in [0.05, 0.1) is 24.2 Å². The Labute approximate surface area is 160 Å². The topological polar surface area (TPSA) is 84.3 Å². The quantitative estimate of drug-likeness (QED) is 0.850. The number of amides is 1. The van der Waals surface area contributed by atoms with Gasteiger partial charge in [0.25, 0.3) is 5.91 Å². The van der Waals surface area contributed by atoms with Crippen LogP contribution in [0, 0.1) is 6.92 Å². The van der Waals surface area contributed by atoms with Crippen LogP contribution in [-0.4, -0.2) is 43.5 Å². The lowest BCUT2D eigenvalue weighted by molar-refractivity contribution is 0.0921. The van der Waals surface area contributed by atoms with E-state index in [4.69, 9.17) is 0 Å². The normalized spacial score (nSPS) is 20.3. The summed E-state index contributed by atoms with van der Waals surface area (Å²) in [6, 6.07) is 7.16. The van der Waals surface area contributed by atoms with Crippen molar-refractivity contribution < 1.29 is 13.2 Å². The summed E-state index contributed by atoms with van der Waals surface area (Å²) in [6.45, 7) is 2.04. The summed E-state index contributed by atoms with van der Waals surface area (Å²) < 4.78 is 26.4. The van der Waals surface area contributed by atoms with Crippen molar-refractivity contribution in [3.63, 3.8) is 0 Å². The van der Waals surface area contributed by atoms with Gasteiger partial charge >= 0.3 is 0 Å². The van der Waals surface area contributed by atoms with Gasteiger partial charge in [0, 0.05) is 24.8 Å². The first-order valence-electron chi connectivity index (χ1n) is 9.09. The van der Waals surface area contributed by atoms with Crippen LogP contribution < -0.4 is 9.62 Å². The van der Waals surface area contributed by atoms with Gasteiger partial charge in [-0.3, -0.25) is 13.8 Å². The number of rotatable bonds is 5. The molecule has 0 saturated heterocycles. The zero-order chi connectivity index (χ0) is 19.6. The fourth-order valence-electron chi connectivity index (χ4n) is 3.40. The van der Waals surface area contributed by atoms with Gasteiger partial charge < -0.3 is 5.32 Å². The molecular weight excluding hydrogens is 364 g/mol. The number of hydrogen-bond acceptors (Lipinski definition) is 4. The molecule has 0 bridgehead atoms. The summed E-state index contributed by atoms with van der Waals surface area (Å²) >= 11 is 0. The van der Waals surface area contributed by atoms with Gasteiger partial charge in [0.15, 0.2) is 0 Å². The molecule has 1 heterocycles. The van der Waals surface area contributed by atoms with Gasteiger partial charge in [0.1, 0.15) is 0 Å². The van der Waals surface area contributed by atoms with Crippen LogP contribution >= 0.6 is 0 Å². The molecule has 1 aliphatic rings. The molecule has 1 aliphatic carbocycles. The molecule has 1 amide bonds. The molecule has 0 spiro atoms. The van der Waals surface area contributed by atoms with E-state index in [0.29, 0.717) is 17.3 Å². The van der Waals surface area contributed by atoms with Crippen LogP contribution in [0.4, 0.5) is 5.69 Å². The molecule has 146 valence electrons. The first-order chi connectivity index (χ1) is 12.7. The van der Waals surface area contributed by atoms with Gasteiger partial charge in [-0.25, -0.2) is 8.42 Å². The van der Waals surface area contributed by atoms with Crippen LogP contribution in [0.1, 0.15) is 47.6 Å². The molecule has 1 aromatic heterocycles. The number of nitrogens with one attached hydrogen (secondary N) is 1. The van der Waals surface area contributed by atoms with Crippen molar-refractivity contribution in [3.8, 4) is 0 Å². The van der Waals surface area contributed by atoms with E-state index >= 15 is 0 Å². The minimum Gasteiger partial charge on any atom is -0.349 e. The standard InChI is InChI=1S/C19H26N4O3S/c1-14-12-20-23(13-14)18-10-6-16(7-11-18)21-19(24)15-4-8-17(9-5-15)22(2)27(3,25)26/h4-5,8-9,12-13,16,18H,6-7,10-11H2,1-3H3,(H,21,24). The molecule has 0 radical (unpaired) electrons. The highest BCUT2D eigenvalue weighted by molar-refractivity contribution is 7.92. The Morgan fingerprint density at radius 3 is 2.33 bits per heavy atom. The molecule has 1 fully saturated rings. The summed E-state index contributed by atoms with van der Waals surface area (Å²) in [5.41, 5.74) is 2.23. The predicted molar refractivity (Wildman–Crippen MR) is 105 cm³/mol. The van der Waals surface area contributed by atoms with Crippen LogP contribution in [-0.2, 0) is 10.0 Å². The summed E-state index contributed by atoms with van der Waals surface area (Å²) in [5.74, 6) is -0.123. The first kappa shape index (κ1) is 19.4. The summed E-state index contributed by atoms with van der Waals surface area (Å²) in [6.07, 6.45) is 8.91. The maximum Gasteiger partial charge on any atom is 0.251 e. The number of aryl methyl sites for hydroxylation is 1. The van der Waals surface area contributed by atoms with Gasteiger partial charge in [-0.05, 0) is 62.4 Å². The van der Waals surface area contributed by atoms with Gasteiger partial charge in [-0.15, -0.1) is 0 Å². The number of sulfonamides is 1. The number of nitrogens with zero attached hydrogens (tertiary/aromatic N) is 3. The van der Waals surface area contributed by atoms with E-state index in [1.807, 2.05) is 17.8 Å². The van der Waals surface area contributed by atoms with Crippen LogP contribution in [0.25, 0.3) is 0 Å². The molecule has 8 heteroatoms. The van der Waals surface area contributed by atoms with E-state index in [9.17, 15) is 13.2 Å². The van der Waals surface area contributed by atoms with Crippen molar-refractivity contribution in [2.45, 2.75) is 44.7 Å². The second-order valence-corrected chi connectivity index (χ2v) is 9.27. The van der Waals surface area contributed by atoms with E-state index < -0.39 is 10.0 Å². The molecule has 0 aliphatic heterocycles. The van der Waals surface area contributed by atoms with Crippen LogP contribution in [0.2, 0.25) is 0 Å². The highest BCUT2D eigenvalue weighted by atomic mass is 32.2. The molecule has 1 saturated carbocycles. The van der Waals surface area contributed by atoms with Crippen molar-refractivity contribution in [1.29, 1.82) is 0 Å². The molecule has 0 atom stereocenters. The molecule has 27 heavy (non-hydrogen) atoms. The van der Waals surface area contributed by atoms with Crippen LogP contribution in [0.5, 0.6) is 0 Å². The third-order valence-electron chi connectivity index (χ3n) is 5.13. The molecule has 2 aromatic rings. The smallest absolute Gasteiger partial charge is 0.251 e. The molecule has 7 nitrogen and oxygen atoms in total. The number of carbonyl (C=O) groups is 1. The number of hydrogen-bond donors (Lipinski definition) is 1. The maximum absolute atomic E-state index is 12.5. The lowest BCUT2D eigenvalue weighted by Crippen LogP contribution is -2.38. The molecule has 1 N–H and O–H groups in total. The third-order valence-corrected chi connectivity index (χ3v) is 6.33. The van der Waals surface area contributed by atoms with Crippen LogP contribution in [0.3, 0.4) is 0 Å². The molecule has 0 unspecified atom stereocenters. The predicted octanol–water partition coefficient (Wildman–Crippen LogP) is 2.50. The van der Waals surface area contributed by atoms with Gasteiger partial charge in [-0.2, -0.15) is 5.10 Å². The average Bonchev–Trinajstić information content (AvgIpc) is 3.07. The first-order valence-corrected chi connectivity index (χ1v) is 10.9. The van der Waals surface area contributed by atoms with E-state index in [1.54, 1.807) is 24.3 Å². The second-order valence-electron chi connectivity index (χ2n) is 7.25. The van der Waals surface area contributed by atoms with Gasteiger partial charge in [0.2, 0.25) is 10.0 Å². The fraction of sp³-hybridized carbons (Fsp3) is 0.474. The van der Waals surface area contributed by atoms with E-state index in [-0.39, 0.29) is 11.9 Å². The number of carbonyl (C=O) groups excluding carboxylic acids is 1. The number of anilines is 1. The van der Waals surface area contributed by atoms with Crippen LogP contribution in [0.15, 0.2) is 36.7 Å². The second kappa shape index (κ2) is 7.72. The summed E-state index contributed by atoms with van der Waals surface area (Å²) in [7, 11) is -1.82. The Kier molecular flexibility index (Phi) is 5.55. The Morgan fingerprint density at radius 1 is 1.19 bits per heavy atom. The Bertz CT molecular complexity index is 897. The largest absolute Gasteiger partial charge is 0.349 e. The monoisotopic (exact) mass is 390 g/mol. The van der Waals surface area contributed by atoms with E-state index in [1.165, 1.54) is 11.4 Å². The van der Waals surface area contributed by atoms with Crippen molar-refractivity contribution in [3.05, 3.63) is 47.8 Å². The minimum atomic E-state index is -3.31.